The Morgan fingerprint density at radius 3 is 1.58 bits per heavy atom. The second-order valence-electron chi connectivity index (χ2n) is 2.20. The summed E-state index contributed by atoms with van der Waals surface area (Å²) < 4.78 is 9.52. The van der Waals surface area contributed by atoms with Crippen molar-refractivity contribution in [2.75, 3.05) is 10.7 Å². The van der Waals surface area contributed by atoms with E-state index in [0.717, 1.165) is 0 Å². The summed E-state index contributed by atoms with van der Waals surface area (Å²) in [4.78, 5) is 21.4. The standard InChI is InChI=1S/C6H6Br2O4/c7-1-3-4(2-8)12-6(10)5(9)11-3/h3-4H,1-2H2. The third-order valence-corrected chi connectivity index (χ3v) is 2.68. The minimum absolute atomic E-state index is 0.394. The van der Waals surface area contributed by atoms with Crippen LogP contribution in [0.4, 0.5) is 0 Å². The molecule has 6 heteroatoms. The second-order valence-corrected chi connectivity index (χ2v) is 3.49. The van der Waals surface area contributed by atoms with Gasteiger partial charge in [0.2, 0.25) is 0 Å². The van der Waals surface area contributed by atoms with Crippen LogP contribution in [-0.4, -0.2) is 34.8 Å². The van der Waals surface area contributed by atoms with Crippen LogP contribution in [0.3, 0.4) is 0 Å². The van der Waals surface area contributed by atoms with E-state index in [1.807, 2.05) is 0 Å². The van der Waals surface area contributed by atoms with Gasteiger partial charge in [-0.3, -0.25) is 0 Å². The predicted molar refractivity (Wildman–Crippen MR) is 47.3 cm³/mol. The maximum atomic E-state index is 10.7. The van der Waals surface area contributed by atoms with Crippen LogP contribution in [0.15, 0.2) is 0 Å². The van der Waals surface area contributed by atoms with Gasteiger partial charge < -0.3 is 9.47 Å². The molecule has 1 aliphatic rings. The smallest absolute Gasteiger partial charge is 0.417 e. The Balaban J connectivity index is 2.64. The van der Waals surface area contributed by atoms with E-state index in [-0.39, 0.29) is 0 Å². The summed E-state index contributed by atoms with van der Waals surface area (Å²) in [7, 11) is 0. The highest BCUT2D eigenvalue weighted by Gasteiger charge is 2.36. The molecule has 0 aliphatic carbocycles. The average Bonchev–Trinajstić information content (AvgIpc) is 2.09. The van der Waals surface area contributed by atoms with Crippen molar-refractivity contribution in [2.45, 2.75) is 12.2 Å². The summed E-state index contributed by atoms with van der Waals surface area (Å²) in [6, 6.07) is 0. The van der Waals surface area contributed by atoms with Crippen LogP contribution < -0.4 is 0 Å². The average molecular weight is 302 g/mol. The minimum Gasteiger partial charge on any atom is -0.449 e. The Hall–Kier alpha value is -0.100. The molecule has 0 saturated carbocycles. The summed E-state index contributed by atoms with van der Waals surface area (Å²) in [5.41, 5.74) is 0. The van der Waals surface area contributed by atoms with Gasteiger partial charge in [-0.05, 0) is 0 Å². The van der Waals surface area contributed by atoms with Crippen LogP contribution in [0.2, 0.25) is 0 Å². The fourth-order valence-electron chi connectivity index (χ4n) is 0.785. The molecule has 1 saturated heterocycles. The van der Waals surface area contributed by atoms with Gasteiger partial charge in [0, 0.05) is 10.7 Å². The molecule has 1 rings (SSSR count). The maximum Gasteiger partial charge on any atom is 0.417 e. The number of cyclic esters (lactones) is 2. The van der Waals surface area contributed by atoms with E-state index in [1.54, 1.807) is 0 Å². The number of ether oxygens (including phenoxy) is 2. The maximum absolute atomic E-state index is 10.7. The lowest BCUT2D eigenvalue weighted by Gasteiger charge is -2.27. The Labute approximate surface area is 85.8 Å². The molecule has 0 aromatic rings. The molecule has 0 aromatic heterocycles. The summed E-state index contributed by atoms with van der Waals surface area (Å²) in [6.07, 6.45) is -0.788. The first-order valence-electron chi connectivity index (χ1n) is 3.22. The highest BCUT2D eigenvalue weighted by molar-refractivity contribution is 9.09. The van der Waals surface area contributed by atoms with E-state index >= 15 is 0 Å². The Morgan fingerprint density at radius 1 is 1.00 bits per heavy atom. The summed E-state index contributed by atoms with van der Waals surface area (Å²) >= 11 is 6.30. The molecular weight excluding hydrogens is 296 g/mol. The van der Waals surface area contributed by atoms with Crippen LogP contribution in [0, 0.1) is 0 Å². The first-order valence-corrected chi connectivity index (χ1v) is 5.47. The number of carbonyl (C=O) groups excluding carboxylic acids is 2. The Kier molecular flexibility index (Phi) is 3.52. The fraction of sp³-hybridized carbons (Fsp3) is 0.667. The molecule has 0 bridgehead atoms. The summed E-state index contributed by atoms with van der Waals surface area (Å²) in [5.74, 6) is -1.84. The van der Waals surface area contributed by atoms with E-state index in [4.69, 9.17) is 9.47 Å². The molecule has 1 heterocycles. The van der Waals surface area contributed by atoms with Gasteiger partial charge in [0.15, 0.2) is 0 Å². The SMILES string of the molecule is O=C1OC(CBr)C(CBr)OC1=O. The molecule has 1 fully saturated rings. The van der Waals surface area contributed by atoms with Crippen molar-refractivity contribution >= 4 is 43.8 Å². The number of hydrogen-bond acceptors (Lipinski definition) is 4. The van der Waals surface area contributed by atoms with Crippen molar-refractivity contribution in [1.82, 2.24) is 0 Å². The van der Waals surface area contributed by atoms with Crippen LogP contribution in [-0.2, 0) is 19.1 Å². The van der Waals surface area contributed by atoms with Crippen LogP contribution in [0.25, 0.3) is 0 Å². The quantitative estimate of drug-likeness (QED) is 0.426. The zero-order chi connectivity index (χ0) is 9.14. The lowest BCUT2D eigenvalue weighted by molar-refractivity contribution is -0.190. The van der Waals surface area contributed by atoms with Gasteiger partial charge in [0.05, 0.1) is 0 Å². The van der Waals surface area contributed by atoms with Crippen molar-refractivity contribution in [2.24, 2.45) is 0 Å². The molecule has 0 spiro atoms. The van der Waals surface area contributed by atoms with E-state index in [1.165, 1.54) is 0 Å². The van der Waals surface area contributed by atoms with E-state index in [9.17, 15) is 9.59 Å². The summed E-state index contributed by atoms with van der Waals surface area (Å²) in [5, 5.41) is 0.921. The summed E-state index contributed by atoms with van der Waals surface area (Å²) in [6.45, 7) is 0. The van der Waals surface area contributed by atoms with E-state index in [0.29, 0.717) is 10.7 Å². The van der Waals surface area contributed by atoms with Gasteiger partial charge in [0.25, 0.3) is 0 Å². The van der Waals surface area contributed by atoms with Crippen molar-refractivity contribution < 1.29 is 19.1 Å². The van der Waals surface area contributed by atoms with Crippen molar-refractivity contribution in [3.05, 3.63) is 0 Å². The first-order chi connectivity index (χ1) is 5.69. The Morgan fingerprint density at radius 2 is 1.33 bits per heavy atom. The monoisotopic (exact) mass is 300 g/mol. The van der Waals surface area contributed by atoms with Gasteiger partial charge in [-0.15, -0.1) is 0 Å². The molecule has 0 N–H and O–H groups in total. The largest absolute Gasteiger partial charge is 0.449 e. The van der Waals surface area contributed by atoms with Gasteiger partial charge in [0.1, 0.15) is 12.2 Å². The van der Waals surface area contributed by atoms with E-state index in [2.05, 4.69) is 31.9 Å². The third-order valence-electron chi connectivity index (χ3n) is 1.40. The minimum atomic E-state index is -0.920. The van der Waals surface area contributed by atoms with Crippen LogP contribution in [0.5, 0.6) is 0 Å². The lowest BCUT2D eigenvalue weighted by Crippen LogP contribution is -2.46. The second kappa shape index (κ2) is 4.23. The molecule has 0 radical (unpaired) electrons. The number of hydrogen-bond donors (Lipinski definition) is 0. The zero-order valence-electron chi connectivity index (χ0n) is 5.96. The molecule has 68 valence electrons. The molecular formula is C6H6Br2O4. The lowest BCUT2D eigenvalue weighted by atomic mass is 10.2. The molecule has 2 unspecified atom stereocenters. The number of carbonyl (C=O) groups is 2. The third kappa shape index (κ3) is 1.98. The molecule has 1 aliphatic heterocycles. The van der Waals surface area contributed by atoms with Gasteiger partial charge >= 0.3 is 11.9 Å². The van der Waals surface area contributed by atoms with E-state index < -0.39 is 24.1 Å². The van der Waals surface area contributed by atoms with Crippen molar-refractivity contribution in [3.8, 4) is 0 Å². The van der Waals surface area contributed by atoms with Gasteiger partial charge in [-0.1, -0.05) is 31.9 Å². The van der Waals surface area contributed by atoms with Gasteiger partial charge in [-0.25, -0.2) is 9.59 Å². The molecule has 12 heavy (non-hydrogen) atoms. The number of halogens is 2. The Bertz CT molecular complexity index is 184. The number of rotatable bonds is 2. The molecule has 0 aromatic carbocycles. The van der Waals surface area contributed by atoms with Crippen LogP contribution >= 0.6 is 31.9 Å². The highest BCUT2D eigenvalue weighted by Crippen LogP contribution is 2.15. The molecule has 0 amide bonds. The predicted octanol–water partition coefficient (Wildman–Crippen LogP) is 0.613. The molecule has 4 nitrogen and oxygen atoms in total. The zero-order valence-corrected chi connectivity index (χ0v) is 9.13. The van der Waals surface area contributed by atoms with Gasteiger partial charge in [-0.2, -0.15) is 0 Å². The highest BCUT2D eigenvalue weighted by atomic mass is 79.9. The topological polar surface area (TPSA) is 52.6 Å². The number of esters is 2. The number of alkyl halides is 2. The van der Waals surface area contributed by atoms with Crippen molar-refractivity contribution in [1.29, 1.82) is 0 Å². The normalized spacial score (nSPS) is 29.5. The molecule has 2 atom stereocenters. The van der Waals surface area contributed by atoms with Crippen LogP contribution in [0.1, 0.15) is 0 Å². The fourth-order valence-corrected chi connectivity index (χ4v) is 1.88. The first kappa shape index (κ1) is 9.98. The van der Waals surface area contributed by atoms with Crippen molar-refractivity contribution in [3.63, 3.8) is 0 Å².